The van der Waals surface area contributed by atoms with Crippen molar-refractivity contribution in [2.45, 2.75) is 17.2 Å². The van der Waals surface area contributed by atoms with E-state index in [0.717, 1.165) is 5.56 Å². The second-order valence-corrected chi connectivity index (χ2v) is 7.63. The number of amides is 1. The van der Waals surface area contributed by atoms with Gasteiger partial charge in [-0.15, -0.1) is 0 Å². The maximum atomic E-state index is 12.2. The van der Waals surface area contributed by atoms with Crippen molar-refractivity contribution >= 4 is 21.7 Å². The fourth-order valence-electron chi connectivity index (χ4n) is 2.78. The van der Waals surface area contributed by atoms with Crippen LogP contribution in [0, 0.1) is 5.92 Å². The number of Topliss-reactive ketones (excluding diaryl/α,β-unsaturated/α-hetero) is 1. The van der Waals surface area contributed by atoms with Crippen molar-refractivity contribution in [3.8, 4) is 0 Å². The fraction of sp³-hybridized carbons (Fsp3) is 0.222. The Morgan fingerprint density at radius 3 is 2.28 bits per heavy atom. The third-order valence-electron chi connectivity index (χ3n) is 4.28. The van der Waals surface area contributed by atoms with Gasteiger partial charge in [0.1, 0.15) is 0 Å². The molecule has 7 heteroatoms. The number of carbonyl (C=O) groups excluding carboxylic acids is 2. The Morgan fingerprint density at radius 2 is 1.68 bits per heavy atom. The summed E-state index contributed by atoms with van der Waals surface area (Å²) in [6, 6.07) is 15.0. The van der Waals surface area contributed by atoms with Gasteiger partial charge in [0.2, 0.25) is 15.9 Å². The van der Waals surface area contributed by atoms with Gasteiger partial charge in [0.25, 0.3) is 0 Å². The molecule has 0 spiro atoms. The number of primary sulfonamides is 1. The summed E-state index contributed by atoms with van der Waals surface area (Å²) in [4.78, 5) is 24.2. The summed E-state index contributed by atoms with van der Waals surface area (Å²) in [5.41, 5.74) is 1.45. The van der Waals surface area contributed by atoms with Gasteiger partial charge in [-0.1, -0.05) is 42.5 Å². The van der Waals surface area contributed by atoms with E-state index >= 15 is 0 Å². The van der Waals surface area contributed by atoms with Crippen LogP contribution in [0.15, 0.2) is 59.5 Å². The quantitative estimate of drug-likeness (QED) is 0.762. The highest BCUT2D eigenvalue weighted by atomic mass is 32.2. The van der Waals surface area contributed by atoms with Crippen LogP contribution >= 0.6 is 0 Å². The van der Waals surface area contributed by atoms with Gasteiger partial charge in [-0.2, -0.15) is 0 Å². The van der Waals surface area contributed by atoms with E-state index < -0.39 is 10.0 Å². The Kier molecular flexibility index (Phi) is 4.69. The van der Waals surface area contributed by atoms with Crippen LogP contribution in [0.2, 0.25) is 0 Å². The molecule has 0 bridgehead atoms. The summed E-state index contributed by atoms with van der Waals surface area (Å²) in [6.45, 7) is -0.0313. The van der Waals surface area contributed by atoms with Crippen LogP contribution in [0.3, 0.4) is 0 Å². The smallest absolute Gasteiger partial charge is 0.238 e. The lowest BCUT2D eigenvalue weighted by Gasteiger charge is -2.05. The molecule has 6 nitrogen and oxygen atoms in total. The summed E-state index contributed by atoms with van der Waals surface area (Å²) < 4.78 is 22.5. The minimum absolute atomic E-state index is 0.0313. The molecule has 1 fully saturated rings. The zero-order valence-electron chi connectivity index (χ0n) is 13.4. The van der Waals surface area contributed by atoms with E-state index in [1.165, 1.54) is 12.1 Å². The summed E-state index contributed by atoms with van der Waals surface area (Å²) in [5, 5.41) is 7.74. The average molecular weight is 358 g/mol. The second kappa shape index (κ2) is 6.78. The molecule has 1 amide bonds. The third kappa shape index (κ3) is 4.12. The molecule has 25 heavy (non-hydrogen) atoms. The molecule has 2 aromatic carbocycles. The van der Waals surface area contributed by atoms with Crippen LogP contribution in [0.1, 0.15) is 28.3 Å². The van der Waals surface area contributed by atoms with E-state index in [1.54, 1.807) is 36.4 Å². The summed E-state index contributed by atoms with van der Waals surface area (Å²) in [6.07, 6.45) is 0.681. The van der Waals surface area contributed by atoms with E-state index in [9.17, 15) is 18.0 Å². The van der Waals surface area contributed by atoms with Crippen LogP contribution in [0.25, 0.3) is 0 Å². The van der Waals surface area contributed by atoms with E-state index in [0.29, 0.717) is 12.0 Å². The zero-order chi connectivity index (χ0) is 18.0. The Balaban J connectivity index is 1.55. The Hall–Kier alpha value is -2.51. The predicted octanol–water partition coefficient (Wildman–Crippen LogP) is 1.44. The molecular formula is C18H18N2O4S. The molecule has 0 heterocycles. The fourth-order valence-corrected chi connectivity index (χ4v) is 3.30. The molecule has 1 aliphatic rings. The first kappa shape index (κ1) is 17.3. The molecule has 130 valence electrons. The summed E-state index contributed by atoms with van der Waals surface area (Å²) >= 11 is 0. The van der Waals surface area contributed by atoms with Crippen molar-refractivity contribution in [1.29, 1.82) is 0 Å². The molecule has 0 saturated heterocycles. The molecule has 3 rings (SSSR count). The van der Waals surface area contributed by atoms with Gasteiger partial charge >= 0.3 is 0 Å². The number of ketones is 1. The van der Waals surface area contributed by atoms with Crippen molar-refractivity contribution in [1.82, 2.24) is 5.32 Å². The van der Waals surface area contributed by atoms with Crippen LogP contribution in [0.4, 0.5) is 0 Å². The zero-order valence-corrected chi connectivity index (χ0v) is 14.2. The second-order valence-electron chi connectivity index (χ2n) is 6.07. The van der Waals surface area contributed by atoms with Crippen LogP contribution in [0.5, 0.6) is 0 Å². The largest absolute Gasteiger partial charge is 0.348 e. The van der Waals surface area contributed by atoms with E-state index in [1.807, 2.05) is 6.07 Å². The molecule has 0 aromatic heterocycles. The molecule has 2 atom stereocenters. The third-order valence-corrected chi connectivity index (χ3v) is 5.21. The highest BCUT2D eigenvalue weighted by Crippen LogP contribution is 2.47. The lowest BCUT2D eigenvalue weighted by Crippen LogP contribution is -2.31. The molecule has 1 aliphatic carbocycles. The first-order chi connectivity index (χ1) is 11.9. The number of sulfonamides is 1. The van der Waals surface area contributed by atoms with Crippen molar-refractivity contribution in [2.24, 2.45) is 11.1 Å². The first-order valence-electron chi connectivity index (χ1n) is 7.85. The van der Waals surface area contributed by atoms with Crippen molar-refractivity contribution in [3.63, 3.8) is 0 Å². The topological polar surface area (TPSA) is 106 Å². The maximum absolute atomic E-state index is 12.2. The Bertz CT molecular complexity index is 892. The number of rotatable bonds is 6. The lowest BCUT2D eigenvalue weighted by molar-refractivity contribution is -0.122. The number of hydrogen-bond donors (Lipinski definition) is 2. The minimum atomic E-state index is -3.72. The van der Waals surface area contributed by atoms with Crippen LogP contribution < -0.4 is 10.5 Å². The molecule has 2 aromatic rings. The van der Waals surface area contributed by atoms with Crippen molar-refractivity contribution in [2.75, 3.05) is 6.54 Å². The first-order valence-corrected chi connectivity index (χ1v) is 9.39. The van der Waals surface area contributed by atoms with Crippen LogP contribution in [-0.4, -0.2) is 26.7 Å². The summed E-state index contributed by atoms with van der Waals surface area (Å²) in [7, 11) is -3.72. The normalized spacial score (nSPS) is 19.2. The number of carbonyl (C=O) groups is 2. The molecule has 0 aliphatic heterocycles. The monoisotopic (exact) mass is 358 g/mol. The molecule has 1 saturated carbocycles. The van der Waals surface area contributed by atoms with Crippen molar-refractivity contribution in [3.05, 3.63) is 65.7 Å². The Labute approximate surface area is 146 Å². The van der Waals surface area contributed by atoms with Gasteiger partial charge in [-0.25, -0.2) is 13.6 Å². The number of hydrogen-bond acceptors (Lipinski definition) is 4. The van der Waals surface area contributed by atoms with E-state index in [-0.39, 0.29) is 35.0 Å². The van der Waals surface area contributed by atoms with Crippen molar-refractivity contribution < 1.29 is 18.0 Å². The van der Waals surface area contributed by atoms with Gasteiger partial charge in [-0.3, -0.25) is 9.59 Å². The molecular weight excluding hydrogens is 340 g/mol. The Morgan fingerprint density at radius 1 is 1.04 bits per heavy atom. The van der Waals surface area contributed by atoms with Gasteiger partial charge in [0.15, 0.2) is 5.78 Å². The SMILES string of the molecule is NS(=O)(=O)c1ccc(C2CC2C(=O)NCC(=O)c2ccccc2)cc1. The minimum Gasteiger partial charge on any atom is -0.348 e. The van der Waals surface area contributed by atoms with Gasteiger partial charge in [-0.05, 0) is 30.0 Å². The van der Waals surface area contributed by atoms with E-state index in [2.05, 4.69) is 5.32 Å². The number of nitrogens with one attached hydrogen (secondary N) is 1. The van der Waals surface area contributed by atoms with E-state index in [4.69, 9.17) is 5.14 Å². The molecule has 2 unspecified atom stereocenters. The van der Waals surface area contributed by atoms with Gasteiger partial charge in [0, 0.05) is 11.5 Å². The lowest BCUT2D eigenvalue weighted by atomic mass is 10.1. The highest BCUT2D eigenvalue weighted by Gasteiger charge is 2.43. The number of nitrogens with two attached hydrogens (primary N) is 1. The molecule has 3 N–H and O–H groups in total. The predicted molar refractivity (Wildman–Crippen MR) is 92.4 cm³/mol. The molecule has 0 radical (unpaired) electrons. The summed E-state index contributed by atoms with van der Waals surface area (Å²) in [5.74, 6) is -0.446. The highest BCUT2D eigenvalue weighted by molar-refractivity contribution is 7.89. The number of benzene rings is 2. The maximum Gasteiger partial charge on any atom is 0.238 e. The van der Waals surface area contributed by atoms with Gasteiger partial charge in [0.05, 0.1) is 11.4 Å². The van der Waals surface area contributed by atoms with Crippen LogP contribution in [-0.2, 0) is 14.8 Å². The average Bonchev–Trinajstić information content (AvgIpc) is 3.40. The van der Waals surface area contributed by atoms with Gasteiger partial charge < -0.3 is 5.32 Å². The standard InChI is InChI=1S/C18H18N2O4S/c19-25(23,24)14-8-6-12(7-9-14)15-10-16(15)18(22)20-11-17(21)13-4-2-1-3-5-13/h1-9,15-16H,10-11H2,(H,20,22)(H2,19,23,24).